The monoisotopic (exact) mass is 372 g/mol. The lowest BCUT2D eigenvalue weighted by atomic mass is 10.0. The molecule has 8 heteroatoms. The van der Waals surface area contributed by atoms with Crippen molar-refractivity contribution in [3.05, 3.63) is 24.0 Å². The fourth-order valence-corrected chi connectivity index (χ4v) is 4.51. The van der Waals surface area contributed by atoms with Crippen LogP contribution in [0.3, 0.4) is 0 Å². The maximum absolute atomic E-state index is 14.2. The van der Waals surface area contributed by atoms with Gasteiger partial charge < -0.3 is 14.8 Å². The first-order chi connectivity index (χ1) is 11.9. The van der Waals surface area contributed by atoms with Crippen LogP contribution in [0.2, 0.25) is 0 Å². The summed E-state index contributed by atoms with van der Waals surface area (Å²) in [6.45, 7) is 4.47. The summed E-state index contributed by atoms with van der Waals surface area (Å²) in [5, 5.41) is 3.27. The van der Waals surface area contributed by atoms with Crippen molar-refractivity contribution in [3.8, 4) is 5.75 Å². The summed E-state index contributed by atoms with van der Waals surface area (Å²) in [5.74, 6) is -0.340. The fraction of sp³-hybridized carbons (Fsp3) is 0.647. The highest BCUT2D eigenvalue weighted by molar-refractivity contribution is 7.89. The highest BCUT2D eigenvalue weighted by Crippen LogP contribution is 2.23. The second-order valence-electron chi connectivity index (χ2n) is 6.83. The number of hydrogen-bond donors (Lipinski definition) is 2. The van der Waals surface area contributed by atoms with Gasteiger partial charge in [-0.3, -0.25) is 0 Å². The summed E-state index contributed by atoms with van der Waals surface area (Å²) < 4.78 is 52.6. The number of piperidine rings is 1. The Bertz CT molecular complexity index is 692. The molecule has 2 saturated heterocycles. The Morgan fingerprint density at radius 2 is 2.24 bits per heavy atom. The smallest absolute Gasteiger partial charge is 0.240 e. The predicted molar refractivity (Wildman–Crippen MR) is 91.6 cm³/mol. The van der Waals surface area contributed by atoms with Crippen molar-refractivity contribution in [1.82, 2.24) is 10.0 Å². The molecule has 2 aliphatic rings. The van der Waals surface area contributed by atoms with Crippen molar-refractivity contribution in [3.63, 3.8) is 0 Å². The predicted octanol–water partition coefficient (Wildman–Crippen LogP) is 1.66. The van der Waals surface area contributed by atoms with E-state index in [0.29, 0.717) is 26.2 Å². The molecule has 2 fully saturated rings. The van der Waals surface area contributed by atoms with Crippen molar-refractivity contribution in [1.29, 1.82) is 0 Å². The molecular weight excluding hydrogens is 347 g/mol. The minimum absolute atomic E-state index is 0.0707. The summed E-state index contributed by atoms with van der Waals surface area (Å²) in [4.78, 5) is -0.0762. The van der Waals surface area contributed by atoms with Crippen molar-refractivity contribution in [2.24, 2.45) is 5.92 Å². The zero-order chi connectivity index (χ0) is 17.9. The van der Waals surface area contributed by atoms with Gasteiger partial charge in [0.25, 0.3) is 0 Å². The summed E-state index contributed by atoms with van der Waals surface area (Å²) >= 11 is 0. The number of benzene rings is 1. The van der Waals surface area contributed by atoms with Crippen molar-refractivity contribution in [2.45, 2.75) is 43.2 Å². The third-order valence-electron chi connectivity index (χ3n) is 4.66. The Balaban J connectivity index is 1.63. The molecule has 0 aromatic heterocycles. The molecule has 3 unspecified atom stereocenters. The van der Waals surface area contributed by atoms with Crippen LogP contribution in [0.1, 0.15) is 26.2 Å². The van der Waals surface area contributed by atoms with E-state index >= 15 is 0 Å². The lowest BCUT2D eigenvalue weighted by Gasteiger charge is -2.28. The van der Waals surface area contributed by atoms with Crippen LogP contribution in [0.25, 0.3) is 0 Å². The van der Waals surface area contributed by atoms with Crippen LogP contribution in [-0.4, -0.2) is 46.9 Å². The number of sulfonamides is 1. The van der Waals surface area contributed by atoms with Crippen LogP contribution < -0.4 is 14.8 Å². The Morgan fingerprint density at radius 3 is 2.92 bits per heavy atom. The second-order valence-corrected chi connectivity index (χ2v) is 8.54. The van der Waals surface area contributed by atoms with Crippen molar-refractivity contribution < 1.29 is 22.3 Å². The molecule has 1 aromatic carbocycles. The molecule has 2 heterocycles. The maximum atomic E-state index is 14.2. The first kappa shape index (κ1) is 18.6. The van der Waals surface area contributed by atoms with E-state index in [1.807, 2.05) is 6.92 Å². The molecule has 0 bridgehead atoms. The normalized spacial score (nSPS) is 27.4. The third-order valence-corrected chi connectivity index (χ3v) is 6.18. The summed E-state index contributed by atoms with van der Waals surface area (Å²) in [5.41, 5.74) is 0. The SMILES string of the molecule is CC1CC(NS(=O)(=O)c2ccc(OCC3CCOC3)c(F)c2)CCN1. The standard InChI is InChI=1S/C17H25FN2O4S/c1-12-8-14(4-6-19-12)20-25(21,22)15-2-3-17(16(18)9-15)24-11-13-5-7-23-10-13/h2-3,9,12-14,19-20H,4-8,10-11H2,1H3. The van der Waals surface area contributed by atoms with Gasteiger partial charge in [-0.15, -0.1) is 0 Å². The molecule has 0 aliphatic carbocycles. The molecule has 0 radical (unpaired) electrons. The van der Waals surface area contributed by atoms with Gasteiger partial charge in [0.1, 0.15) is 0 Å². The van der Waals surface area contributed by atoms with Crippen LogP contribution in [0.5, 0.6) is 5.75 Å². The zero-order valence-corrected chi connectivity index (χ0v) is 15.1. The molecule has 3 rings (SSSR count). The maximum Gasteiger partial charge on any atom is 0.240 e. The number of hydrogen-bond acceptors (Lipinski definition) is 5. The molecule has 3 atom stereocenters. The van der Waals surface area contributed by atoms with E-state index < -0.39 is 15.8 Å². The Morgan fingerprint density at radius 1 is 1.40 bits per heavy atom. The first-order valence-corrected chi connectivity index (χ1v) is 10.2. The fourth-order valence-electron chi connectivity index (χ4n) is 3.21. The molecule has 2 aliphatic heterocycles. The van der Waals surface area contributed by atoms with Crippen LogP contribution in [0.15, 0.2) is 23.1 Å². The Hall–Kier alpha value is -1.22. The van der Waals surface area contributed by atoms with Gasteiger partial charge in [0.15, 0.2) is 11.6 Å². The van der Waals surface area contributed by atoms with Crippen LogP contribution in [0, 0.1) is 11.7 Å². The molecule has 2 N–H and O–H groups in total. The zero-order valence-electron chi connectivity index (χ0n) is 14.3. The molecule has 0 amide bonds. The van der Waals surface area contributed by atoms with E-state index in [-0.39, 0.29) is 28.6 Å². The largest absolute Gasteiger partial charge is 0.490 e. The average molecular weight is 372 g/mol. The number of nitrogens with one attached hydrogen (secondary N) is 2. The van der Waals surface area contributed by atoms with Gasteiger partial charge in [0.2, 0.25) is 10.0 Å². The molecule has 0 saturated carbocycles. The third kappa shape index (κ3) is 4.91. The van der Waals surface area contributed by atoms with Gasteiger partial charge in [-0.05, 0) is 50.9 Å². The lowest BCUT2D eigenvalue weighted by Crippen LogP contribution is -2.46. The highest BCUT2D eigenvalue weighted by Gasteiger charge is 2.25. The summed E-state index contributed by atoms with van der Waals surface area (Å²) in [7, 11) is -3.75. The summed E-state index contributed by atoms with van der Waals surface area (Å²) in [6.07, 6.45) is 2.33. The van der Waals surface area contributed by atoms with Gasteiger partial charge in [-0.2, -0.15) is 0 Å². The van der Waals surface area contributed by atoms with Gasteiger partial charge >= 0.3 is 0 Å². The van der Waals surface area contributed by atoms with Crippen LogP contribution in [-0.2, 0) is 14.8 Å². The van der Waals surface area contributed by atoms with Crippen LogP contribution >= 0.6 is 0 Å². The molecular formula is C17H25FN2O4S. The summed E-state index contributed by atoms with van der Waals surface area (Å²) in [6, 6.07) is 3.91. The molecule has 140 valence electrons. The molecule has 25 heavy (non-hydrogen) atoms. The number of halogens is 1. The lowest BCUT2D eigenvalue weighted by molar-refractivity contribution is 0.165. The molecule has 0 spiro atoms. The molecule has 6 nitrogen and oxygen atoms in total. The first-order valence-electron chi connectivity index (χ1n) is 8.70. The van der Waals surface area contributed by atoms with E-state index in [1.165, 1.54) is 12.1 Å². The van der Waals surface area contributed by atoms with Gasteiger partial charge in [0.05, 0.1) is 18.1 Å². The van der Waals surface area contributed by atoms with Crippen molar-refractivity contribution >= 4 is 10.0 Å². The highest BCUT2D eigenvalue weighted by atomic mass is 32.2. The number of ether oxygens (including phenoxy) is 2. The minimum atomic E-state index is -3.75. The van der Waals surface area contributed by atoms with Gasteiger partial charge in [-0.25, -0.2) is 17.5 Å². The van der Waals surface area contributed by atoms with E-state index in [2.05, 4.69) is 10.0 Å². The van der Waals surface area contributed by atoms with Gasteiger partial charge in [-0.1, -0.05) is 0 Å². The van der Waals surface area contributed by atoms with E-state index in [0.717, 1.165) is 25.5 Å². The van der Waals surface area contributed by atoms with Gasteiger partial charge in [0, 0.05) is 24.6 Å². The van der Waals surface area contributed by atoms with Crippen LogP contribution in [0.4, 0.5) is 4.39 Å². The van der Waals surface area contributed by atoms with E-state index in [1.54, 1.807) is 0 Å². The van der Waals surface area contributed by atoms with E-state index in [4.69, 9.17) is 9.47 Å². The van der Waals surface area contributed by atoms with Crippen molar-refractivity contribution in [2.75, 3.05) is 26.4 Å². The Kier molecular flexibility index (Phi) is 5.93. The average Bonchev–Trinajstić information content (AvgIpc) is 3.06. The molecule has 1 aromatic rings. The number of rotatable bonds is 6. The topological polar surface area (TPSA) is 76.7 Å². The quantitative estimate of drug-likeness (QED) is 0.794. The second kappa shape index (κ2) is 7.99. The minimum Gasteiger partial charge on any atom is -0.490 e. The Labute approximate surface area is 148 Å². The van der Waals surface area contributed by atoms with E-state index in [9.17, 15) is 12.8 Å².